The Bertz CT molecular complexity index is 1000. The molecule has 3 N–H and O–H groups in total. The first-order valence-electron chi connectivity index (χ1n) is 6.83. The molecule has 1 heterocycles. The third kappa shape index (κ3) is 3.35. The molecule has 0 aliphatic carbocycles. The first-order valence-corrected chi connectivity index (χ1v) is 8.37. The summed E-state index contributed by atoms with van der Waals surface area (Å²) in [6.45, 7) is -0.106. The molecule has 3 aromatic rings. The van der Waals surface area contributed by atoms with Crippen LogP contribution in [0, 0.1) is 5.82 Å². The monoisotopic (exact) mass is 351 g/mol. The maximum absolute atomic E-state index is 14.4. The van der Waals surface area contributed by atoms with Crippen LogP contribution in [0.15, 0.2) is 36.4 Å². The Balaban J connectivity index is 1.95. The van der Waals surface area contributed by atoms with Gasteiger partial charge in [0.05, 0.1) is 12.6 Å². The van der Waals surface area contributed by atoms with Gasteiger partial charge in [-0.2, -0.15) is 13.1 Å². The minimum atomic E-state index is -3.84. The van der Waals surface area contributed by atoms with E-state index in [4.69, 9.17) is 9.88 Å². The SMILES string of the molecule is COc1ccc2c(c1)nnn2-c1ccc(CNS(N)(=O)=O)cc1F. The Morgan fingerprint density at radius 1 is 1.29 bits per heavy atom. The third-order valence-electron chi connectivity index (χ3n) is 3.37. The van der Waals surface area contributed by atoms with Crippen molar-refractivity contribution in [2.24, 2.45) is 5.14 Å². The molecule has 10 heteroatoms. The molecule has 24 heavy (non-hydrogen) atoms. The molecule has 0 saturated carbocycles. The first-order chi connectivity index (χ1) is 11.4. The maximum atomic E-state index is 14.4. The lowest BCUT2D eigenvalue weighted by atomic mass is 10.2. The molecule has 8 nitrogen and oxygen atoms in total. The van der Waals surface area contributed by atoms with Gasteiger partial charge < -0.3 is 4.74 Å². The fraction of sp³-hybridized carbons (Fsp3) is 0.143. The smallest absolute Gasteiger partial charge is 0.274 e. The minimum Gasteiger partial charge on any atom is -0.497 e. The average Bonchev–Trinajstić information content (AvgIpc) is 2.95. The standard InChI is InChI=1S/C14H14FN5O3S/c1-23-10-3-5-14-12(7-10)18-19-20(14)13-4-2-9(6-11(13)15)8-17-24(16,21)22/h2-7,17H,8H2,1H3,(H2,16,21,22). The van der Waals surface area contributed by atoms with E-state index in [9.17, 15) is 12.8 Å². The Morgan fingerprint density at radius 3 is 2.75 bits per heavy atom. The highest BCUT2D eigenvalue weighted by atomic mass is 32.2. The van der Waals surface area contributed by atoms with Crippen LogP contribution in [0.25, 0.3) is 16.7 Å². The summed E-state index contributed by atoms with van der Waals surface area (Å²) in [6, 6.07) is 9.43. The van der Waals surface area contributed by atoms with Crippen LogP contribution in [-0.2, 0) is 16.8 Å². The van der Waals surface area contributed by atoms with Crippen molar-refractivity contribution in [3.63, 3.8) is 0 Å². The average molecular weight is 351 g/mol. The summed E-state index contributed by atoms with van der Waals surface area (Å²) in [5, 5.41) is 12.8. The van der Waals surface area contributed by atoms with Crippen LogP contribution in [0.2, 0.25) is 0 Å². The third-order valence-corrected chi connectivity index (χ3v) is 3.92. The fourth-order valence-electron chi connectivity index (χ4n) is 2.22. The number of ether oxygens (including phenoxy) is 1. The lowest BCUT2D eigenvalue weighted by Gasteiger charge is -2.07. The van der Waals surface area contributed by atoms with E-state index in [-0.39, 0.29) is 12.2 Å². The van der Waals surface area contributed by atoms with Crippen molar-refractivity contribution in [3.05, 3.63) is 47.8 Å². The molecule has 0 unspecified atom stereocenters. The van der Waals surface area contributed by atoms with Gasteiger partial charge in [-0.05, 0) is 29.8 Å². The van der Waals surface area contributed by atoms with Gasteiger partial charge in [0.1, 0.15) is 22.8 Å². The van der Waals surface area contributed by atoms with E-state index in [1.54, 1.807) is 31.4 Å². The predicted octanol–water partition coefficient (Wildman–Crippen LogP) is 0.861. The molecule has 0 fully saturated rings. The number of benzene rings is 2. The second-order valence-electron chi connectivity index (χ2n) is 5.01. The number of halogens is 1. The zero-order valence-corrected chi connectivity index (χ0v) is 13.4. The van der Waals surface area contributed by atoms with E-state index in [1.807, 2.05) is 0 Å². The Hall–Kier alpha value is -2.56. The molecular formula is C14H14FN5O3S. The highest BCUT2D eigenvalue weighted by Crippen LogP contribution is 2.23. The molecule has 126 valence electrons. The molecule has 0 radical (unpaired) electrons. The van der Waals surface area contributed by atoms with Crippen LogP contribution in [0.3, 0.4) is 0 Å². The summed E-state index contributed by atoms with van der Waals surface area (Å²) in [5.41, 5.74) is 1.80. The van der Waals surface area contributed by atoms with E-state index in [2.05, 4.69) is 15.0 Å². The molecule has 2 aromatic carbocycles. The number of rotatable bonds is 5. The maximum Gasteiger partial charge on any atom is 0.274 e. The van der Waals surface area contributed by atoms with Crippen LogP contribution in [0.1, 0.15) is 5.56 Å². The topological polar surface area (TPSA) is 112 Å². The molecule has 0 spiro atoms. The van der Waals surface area contributed by atoms with Crippen molar-refractivity contribution in [1.29, 1.82) is 0 Å². The number of aromatic nitrogens is 3. The normalized spacial score (nSPS) is 11.8. The molecule has 3 rings (SSSR count). The van der Waals surface area contributed by atoms with Gasteiger partial charge in [-0.3, -0.25) is 0 Å². The summed E-state index contributed by atoms with van der Waals surface area (Å²) in [7, 11) is -2.29. The van der Waals surface area contributed by atoms with Gasteiger partial charge in [0.2, 0.25) is 0 Å². The Labute approximate surface area is 137 Å². The molecule has 0 aliphatic heterocycles. The van der Waals surface area contributed by atoms with Gasteiger partial charge in [-0.25, -0.2) is 14.2 Å². The van der Waals surface area contributed by atoms with Crippen molar-refractivity contribution in [1.82, 2.24) is 19.7 Å². The van der Waals surface area contributed by atoms with Gasteiger partial charge >= 0.3 is 0 Å². The lowest BCUT2D eigenvalue weighted by Crippen LogP contribution is -2.30. The van der Waals surface area contributed by atoms with E-state index < -0.39 is 16.0 Å². The van der Waals surface area contributed by atoms with Crippen molar-refractivity contribution < 1.29 is 17.5 Å². The second-order valence-corrected chi connectivity index (χ2v) is 6.39. The number of methoxy groups -OCH3 is 1. The van der Waals surface area contributed by atoms with Crippen LogP contribution >= 0.6 is 0 Å². The van der Waals surface area contributed by atoms with Gasteiger partial charge in [0.25, 0.3) is 10.2 Å². The van der Waals surface area contributed by atoms with Crippen LogP contribution < -0.4 is 14.6 Å². The van der Waals surface area contributed by atoms with Gasteiger partial charge in [-0.15, -0.1) is 5.10 Å². The number of hydrogen-bond acceptors (Lipinski definition) is 5. The highest BCUT2D eigenvalue weighted by molar-refractivity contribution is 7.87. The van der Waals surface area contributed by atoms with E-state index >= 15 is 0 Å². The summed E-state index contributed by atoms with van der Waals surface area (Å²) in [6.07, 6.45) is 0. The van der Waals surface area contributed by atoms with Crippen LogP contribution in [-0.4, -0.2) is 30.5 Å². The van der Waals surface area contributed by atoms with E-state index in [0.717, 1.165) is 0 Å². The molecule has 0 atom stereocenters. The van der Waals surface area contributed by atoms with Crippen molar-refractivity contribution >= 4 is 21.2 Å². The summed E-state index contributed by atoms with van der Waals surface area (Å²) >= 11 is 0. The predicted molar refractivity (Wildman–Crippen MR) is 85.3 cm³/mol. The Morgan fingerprint density at radius 2 is 2.08 bits per heavy atom. The molecule has 1 aromatic heterocycles. The van der Waals surface area contributed by atoms with E-state index in [1.165, 1.54) is 16.8 Å². The molecule has 0 bridgehead atoms. The number of nitrogens with zero attached hydrogens (tertiary/aromatic N) is 3. The minimum absolute atomic E-state index is 0.106. The molecule has 0 amide bonds. The zero-order valence-electron chi connectivity index (χ0n) is 12.6. The summed E-state index contributed by atoms with van der Waals surface area (Å²) in [5.74, 6) is 0.0609. The second kappa shape index (κ2) is 6.15. The number of hydrogen-bond donors (Lipinski definition) is 2. The highest BCUT2D eigenvalue weighted by Gasteiger charge is 2.12. The number of nitrogens with two attached hydrogens (primary N) is 1. The van der Waals surface area contributed by atoms with Crippen molar-refractivity contribution in [2.75, 3.05) is 7.11 Å². The van der Waals surface area contributed by atoms with Gasteiger partial charge in [0.15, 0.2) is 0 Å². The van der Waals surface area contributed by atoms with Crippen molar-refractivity contribution in [2.45, 2.75) is 6.54 Å². The molecular weight excluding hydrogens is 337 g/mol. The summed E-state index contributed by atoms with van der Waals surface area (Å²) in [4.78, 5) is 0. The number of fused-ring (bicyclic) bond motifs is 1. The fourth-order valence-corrected chi connectivity index (χ4v) is 2.59. The zero-order chi connectivity index (χ0) is 17.3. The Kier molecular flexibility index (Phi) is 4.18. The van der Waals surface area contributed by atoms with Gasteiger partial charge in [0, 0.05) is 12.6 Å². The van der Waals surface area contributed by atoms with Gasteiger partial charge in [-0.1, -0.05) is 11.3 Å². The number of nitrogens with one attached hydrogen (secondary N) is 1. The summed E-state index contributed by atoms with van der Waals surface area (Å²) < 4.78 is 44.7. The molecule has 0 saturated heterocycles. The van der Waals surface area contributed by atoms with E-state index in [0.29, 0.717) is 22.3 Å². The quantitative estimate of drug-likeness (QED) is 0.708. The molecule has 0 aliphatic rings. The van der Waals surface area contributed by atoms with Crippen LogP contribution in [0.5, 0.6) is 5.75 Å². The largest absolute Gasteiger partial charge is 0.497 e. The van der Waals surface area contributed by atoms with Crippen molar-refractivity contribution in [3.8, 4) is 11.4 Å². The lowest BCUT2D eigenvalue weighted by molar-refractivity contribution is 0.415. The van der Waals surface area contributed by atoms with Crippen LogP contribution in [0.4, 0.5) is 4.39 Å². The first kappa shape index (κ1) is 16.3.